The van der Waals surface area contributed by atoms with Gasteiger partial charge in [0, 0.05) is 40.8 Å². The van der Waals surface area contributed by atoms with Gasteiger partial charge in [0.2, 0.25) is 0 Å². The summed E-state index contributed by atoms with van der Waals surface area (Å²) in [5.41, 5.74) is 4.01. The number of fused-ring (bicyclic) bond motifs is 1. The Hall–Kier alpha value is -2.23. The molecule has 0 aliphatic carbocycles. The number of H-pyrrole nitrogens is 1. The summed E-state index contributed by atoms with van der Waals surface area (Å²) in [6.45, 7) is 1.25. The number of nitrogens with zero attached hydrogens (tertiary/aromatic N) is 1. The first-order valence-corrected chi connectivity index (χ1v) is 8.89. The van der Waals surface area contributed by atoms with Gasteiger partial charge >= 0.3 is 0 Å². The van der Waals surface area contributed by atoms with E-state index in [0.29, 0.717) is 23.7 Å². The first-order valence-electron chi connectivity index (χ1n) is 8.13. The van der Waals surface area contributed by atoms with Crippen LogP contribution in [0.4, 0.5) is 0 Å². The molecule has 126 valence electrons. The zero-order valence-electron chi connectivity index (χ0n) is 13.4. The highest BCUT2D eigenvalue weighted by molar-refractivity contribution is 6.33. The van der Waals surface area contributed by atoms with Gasteiger partial charge in [-0.05, 0) is 42.3 Å². The van der Waals surface area contributed by atoms with Gasteiger partial charge in [-0.25, -0.2) is 0 Å². The van der Waals surface area contributed by atoms with Crippen molar-refractivity contribution in [3.8, 4) is 0 Å². The molecule has 0 spiro atoms. The third-order valence-corrected chi connectivity index (χ3v) is 5.16. The lowest BCUT2D eigenvalue weighted by molar-refractivity contribution is 0.0773. The third-order valence-electron chi connectivity index (χ3n) is 4.59. The van der Waals surface area contributed by atoms with Gasteiger partial charge in [-0.15, -0.1) is 0 Å². The van der Waals surface area contributed by atoms with Crippen molar-refractivity contribution in [2.75, 3.05) is 13.1 Å². The SMILES string of the molecule is O=C(c1ccccc1Cl)N1CC=C(c2c[nH]c3ccc(Cl)cc23)CC1. The number of aromatic amines is 1. The molecule has 25 heavy (non-hydrogen) atoms. The Morgan fingerprint density at radius 1 is 1.12 bits per heavy atom. The molecule has 1 amide bonds. The number of nitrogens with one attached hydrogen (secondary N) is 1. The number of aromatic nitrogens is 1. The van der Waals surface area contributed by atoms with E-state index in [4.69, 9.17) is 23.2 Å². The highest BCUT2D eigenvalue weighted by Gasteiger charge is 2.21. The molecular weight excluding hydrogens is 355 g/mol. The maximum Gasteiger partial charge on any atom is 0.255 e. The predicted molar refractivity (Wildman–Crippen MR) is 103 cm³/mol. The summed E-state index contributed by atoms with van der Waals surface area (Å²) in [5, 5.41) is 2.33. The summed E-state index contributed by atoms with van der Waals surface area (Å²) in [6.07, 6.45) is 4.93. The van der Waals surface area contributed by atoms with Gasteiger partial charge in [-0.1, -0.05) is 41.4 Å². The third kappa shape index (κ3) is 3.06. The number of carbonyl (C=O) groups is 1. The quantitative estimate of drug-likeness (QED) is 0.643. The summed E-state index contributed by atoms with van der Waals surface area (Å²) >= 11 is 12.3. The van der Waals surface area contributed by atoms with Crippen LogP contribution < -0.4 is 0 Å². The highest BCUT2D eigenvalue weighted by atomic mass is 35.5. The smallest absolute Gasteiger partial charge is 0.255 e. The Kier molecular flexibility index (Phi) is 4.28. The molecule has 1 aliphatic rings. The Balaban J connectivity index is 1.59. The van der Waals surface area contributed by atoms with Gasteiger partial charge in [-0.2, -0.15) is 0 Å². The molecular formula is C20H16Cl2N2O. The van der Waals surface area contributed by atoms with Crippen LogP contribution in [0.3, 0.4) is 0 Å². The van der Waals surface area contributed by atoms with Gasteiger partial charge < -0.3 is 9.88 Å². The normalized spacial score (nSPS) is 14.6. The van der Waals surface area contributed by atoms with Crippen LogP contribution in [0.15, 0.2) is 54.7 Å². The fourth-order valence-corrected chi connectivity index (χ4v) is 3.65. The van der Waals surface area contributed by atoms with Gasteiger partial charge in [-0.3, -0.25) is 4.79 Å². The molecule has 4 rings (SSSR count). The second-order valence-corrected chi connectivity index (χ2v) is 6.95. The van der Waals surface area contributed by atoms with E-state index in [0.717, 1.165) is 27.9 Å². The number of benzene rings is 2. The average Bonchev–Trinajstić information content (AvgIpc) is 3.05. The van der Waals surface area contributed by atoms with Crippen LogP contribution >= 0.6 is 23.2 Å². The van der Waals surface area contributed by atoms with Gasteiger partial charge in [0.25, 0.3) is 5.91 Å². The number of halogens is 2. The minimum Gasteiger partial charge on any atom is -0.361 e. The molecule has 1 N–H and O–H groups in total. The van der Waals surface area contributed by atoms with Gasteiger partial charge in [0.05, 0.1) is 10.6 Å². The maximum absolute atomic E-state index is 12.7. The zero-order valence-corrected chi connectivity index (χ0v) is 14.9. The van der Waals surface area contributed by atoms with E-state index in [9.17, 15) is 4.79 Å². The monoisotopic (exact) mass is 370 g/mol. The van der Waals surface area contributed by atoms with E-state index >= 15 is 0 Å². The molecule has 1 aromatic heterocycles. The minimum atomic E-state index is -0.0251. The van der Waals surface area contributed by atoms with E-state index in [2.05, 4.69) is 11.1 Å². The van der Waals surface area contributed by atoms with E-state index < -0.39 is 0 Å². The van der Waals surface area contributed by atoms with Crippen molar-refractivity contribution in [3.05, 3.63) is 75.9 Å². The number of rotatable bonds is 2. The van der Waals surface area contributed by atoms with E-state index in [1.165, 1.54) is 5.57 Å². The van der Waals surface area contributed by atoms with Crippen molar-refractivity contribution in [1.82, 2.24) is 9.88 Å². The summed E-state index contributed by atoms with van der Waals surface area (Å²) < 4.78 is 0. The average molecular weight is 371 g/mol. The second kappa shape index (κ2) is 6.58. The highest BCUT2D eigenvalue weighted by Crippen LogP contribution is 2.31. The molecule has 5 heteroatoms. The lowest BCUT2D eigenvalue weighted by Gasteiger charge is -2.27. The predicted octanol–water partition coefficient (Wildman–Crippen LogP) is 5.40. The van der Waals surface area contributed by atoms with E-state index in [1.54, 1.807) is 12.1 Å². The summed E-state index contributed by atoms with van der Waals surface area (Å²) in [4.78, 5) is 17.8. The van der Waals surface area contributed by atoms with E-state index in [-0.39, 0.29) is 5.91 Å². The molecule has 0 fully saturated rings. The first kappa shape index (κ1) is 16.2. The van der Waals surface area contributed by atoms with Crippen LogP contribution in [0, 0.1) is 0 Å². The molecule has 3 nitrogen and oxygen atoms in total. The Morgan fingerprint density at radius 3 is 2.72 bits per heavy atom. The number of hydrogen-bond acceptors (Lipinski definition) is 1. The van der Waals surface area contributed by atoms with Gasteiger partial charge in [0.15, 0.2) is 0 Å². The van der Waals surface area contributed by atoms with Crippen LogP contribution in [0.2, 0.25) is 10.0 Å². The van der Waals surface area contributed by atoms with Crippen LogP contribution in [0.25, 0.3) is 16.5 Å². The molecule has 0 radical (unpaired) electrons. The summed E-state index contributed by atoms with van der Waals surface area (Å²) in [5.74, 6) is -0.0251. The summed E-state index contributed by atoms with van der Waals surface area (Å²) in [6, 6.07) is 13.0. The summed E-state index contributed by atoms with van der Waals surface area (Å²) in [7, 11) is 0. The maximum atomic E-state index is 12.7. The largest absolute Gasteiger partial charge is 0.361 e. The van der Waals surface area contributed by atoms with Crippen molar-refractivity contribution in [2.45, 2.75) is 6.42 Å². The first-order chi connectivity index (χ1) is 12.1. The molecule has 2 heterocycles. The fourth-order valence-electron chi connectivity index (χ4n) is 3.26. The van der Waals surface area contributed by atoms with E-state index in [1.807, 2.05) is 41.4 Å². The van der Waals surface area contributed by atoms with Crippen molar-refractivity contribution in [2.24, 2.45) is 0 Å². The minimum absolute atomic E-state index is 0.0251. The van der Waals surface area contributed by atoms with Crippen molar-refractivity contribution in [3.63, 3.8) is 0 Å². The van der Waals surface area contributed by atoms with Crippen LogP contribution in [0.5, 0.6) is 0 Å². The standard InChI is InChI=1S/C20H16Cl2N2O/c21-14-5-6-19-16(11-14)17(12-23-19)13-7-9-24(10-8-13)20(25)15-3-1-2-4-18(15)22/h1-7,11-12,23H,8-10H2. The molecule has 3 aromatic rings. The van der Waals surface area contributed by atoms with Crippen LogP contribution in [0.1, 0.15) is 22.3 Å². The number of amides is 1. The van der Waals surface area contributed by atoms with Crippen LogP contribution in [-0.2, 0) is 0 Å². The van der Waals surface area contributed by atoms with Crippen molar-refractivity contribution >= 4 is 45.6 Å². The topological polar surface area (TPSA) is 36.1 Å². The Morgan fingerprint density at radius 2 is 1.96 bits per heavy atom. The molecule has 1 aliphatic heterocycles. The van der Waals surface area contributed by atoms with Crippen LogP contribution in [-0.4, -0.2) is 28.9 Å². The van der Waals surface area contributed by atoms with Crippen molar-refractivity contribution < 1.29 is 4.79 Å². The molecule has 0 bridgehead atoms. The lowest BCUT2D eigenvalue weighted by atomic mass is 9.98. The van der Waals surface area contributed by atoms with Crippen molar-refractivity contribution in [1.29, 1.82) is 0 Å². The molecule has 2 aromatic carbocycles. The molecule has 0 saturated carbocycles. The Labute approximate surface area is 155 Å². The number of carbonyl (C=O) groups excluding carboxylic acids is 1. The second-order valence-electron chi connectivity index (χ2n) is 6.10. The zero-order chi connectivity index (χ0) is 17.4. The molecule has 0 saturated heterocycles. The fraction of sp³-hybridized carbons (Fsp3) is 0.150. The number of hydrogen-bond donors (Lipinski definition) is 1. The lowest BCUT2D eigenvalue weighted by Crippen LogP contribution is -2.34. The van der Waals surface area contributed by atoms with Gasteiger partial charge in [0.1, 0.15) is 0 Å². The molecule has 0 unspecified atom stereocenters. The molecule has 0 atom stereocenters. The Bertz CT molecular complexity index is 990.